The molecule has 0 aliphatic rings. The molecule has 1 heterocycles. The van der Waals surface area contributed by atoms with Gasteiger partial charge >= 0.3 is 0 Å². The Hall–Kier alpha value is -0.490. The zero-order chi connectivity index (χ0) is 15.2. The lowest BCUT2D eigenvalue weighted by Crippen LogP contribution is -2.26. The number of aromatic nitrogens is 2. The van der Waals surface area contributed by atoms with Gasteiger partial charge in [0.25, 0.3) is 0 Å². The van der Waals surface area contributed by atoms with Gasteiger partial charge in [0.1, 0.15) is 0 Å². The molecule has 2 rings (SSSR count). The van der Waals surface area contributed by atoms with Crippen LogP contribution in [0.25, 0.3) is 0 Å². The largest absolute Gasteiger partial charge is 0.308 e. The van der Waals surface area contributed by atoms with E-state index >= 15 is 0 Å². The Bertz CT molecular complexity index is 569. The van der Waals surface area contributed by atoms with Gasteiger partial charge in [0.2, 0.25) is 0 Å². The van der Waals surface area contributed by atoms with Gasteiger partial charge in [-0.15, -0.1) is 11.8 Å². The zero-order valence-electron chi connectivity index (χ0n) is 12.1. The third-order valence-corrected chi connectivity index (χ3v) is 4.99. The Morgan fingerprint density at radius 3 is 2.90 bits per heavy atom. The molecule has 0 amide bonds. The lowest BCUT2D eigenvalue weighted by molar-refractivity contribution is 0.535. The fourth-order valence-corrected chi connectivity index (χ4v) is 3.97. The van der Waals surface area contributed by atoms with Gasteiger partial charge in [-0.1, -0.05) is 40.5 Å². The van der Waals surface area contributed by atoms with E-state index in [-0.39, 0.29) is 6.04 Å². The molecule has 0 aliphatic heterocycles. The lowest BCUT2D eigenvalue weighted by Gasteiger charge is -2.19. The first-order chi connectivity index (χ1) is 10.1. The number of hydrogen-bond acceptors (Lipinski definition) is 3. The van der Waals surface area contributed by atoms with Crippen molar-refractivity contribution >= 4 is 39.3 Å². The Labute approximate surface area is 143 Å². The van der Waals surface area contributed by atoms with Crippen LogP contribution in [-0.4, -0.2) is 22.1 Å². The SMILES string of the molecule is CCCNC(CSc1cccc(Br)c1)c1c(Cl)cnn1C. The fourth-order valence-electron chi connectivity index (χ4n) is 2.10. The molecule has 0 spiro atoms. The molecular formula is C15H19BrClN3S. The highest BCUT2D eigenvalue weighted by molar-refractivity contribution is 9.10. The molecular weight excluding hydrogens is 370 g/mol. The second-order valence-corrected chi connectivity index (χ2v) is 7.19. The summed E-state index contributed by atoms with van der Waals surface area (Å²) in [4.78, 5) is 1.24. The van der Waals surface area contributed by atoms with Gasteiger partial charge in [-0.05, 0) is 31.2 Å². The minimum Gasteiger partial charge on any atom is -0.308 e. The number of hydrogen-bond donors (Lipinski definition) is 1. The van der Waals surface area contributed by atoms with E-state index in [0.717, 1.165) is 33.9 Å². The highest BCUT2D eigenvalue weighted by Gasteiger charge is 2.18. The highest BCUT2D eigenvalue weighted by Crippen LogP contribution is 2.29. The predicted molar refractivity (Wildman–Crippen MR) is 94.1 cm³/mol. The first kappa shape index (κ1) is 16.9. The topological polar surface area (TPSA) is 29.9 Å². The van der Waals surface area contributed by atoms with Crippen LogP contribution in [0.2, 0.25) is 5.02 Å². The first-order valence-electron chi connectivity index (χ1n) is 6.91. The lowest BCUT2D eigenvalue weighted by atomic mass is 10.2. The highest BCUT2D eigenvalue weighted by atomic mass is 79.9. The minimum atomic E-state index is 0.189. The van der Waals surface area contributed by atoms with Gasteiger partial charge in [0.05, 0.1) is 23.0 Å². The molecule has 6 heteroatoms. The number of aryl methyl sites for hydroxylation is 1. The van der Waals surface area contributed by atoms with Crippen molar-refractivity contribution in [3.05, 3.63) is 45.7 Å². The van der Waals surface area contributed by atoms with Gasteiger partial charge in [0, 0.05) is 22.2 Å². The Morgan fingerprint density at radius 2 is 2.29 bits per heavy atom. The molecule has 0 saturated heterocycles. The molecule has 1 aromatic heterocycles. The van der Waals surface area contributed by atoms with Crippen LogP contribution in [0.15, 0.2) is 39.8 Å². The van der Waals surface area contributed by atoms with Crippen molar-refractivity contribution in [2.24, 2.45) is 7.05 Å². The van der Waals surface area contributed by atoms with Crippen molar-refractivity contribution in [1.29, 1.82) is 0 Å². The summed E-state index contributed by atoms with van der Waals surface area (Å²) in [6.07, 6.45) is 2.80. The van der Waals surface area contributed by atoms with Crippen LogP contribution < -0.4 is 5.32 Å². The molecule has 0 aliphatic carbocycles. The maximum Gasteiger partial charge on any atom is 0.0834 e. The van der Waals surface area contributed by atoms with E-state index in [4.69, 9.17) is 11.6 Å². The molecule has 1 N–H and O–H groups in total. The van der Waals surface area contributed by atoms with Gasteiger partial charge in [-0.3, -0.25) is 4.68 Å². The summed E-state index contributed by atoms with van der Waals surface area (Å²) in [5.74, 6) is 0.912. The van der Waals surface area contributed by atoms with Crippen LogP contribution in [-0.2, 0) is 7.05 Å². The number of nitrogens with zero attached hydrogens (tertiary/aromatic N) is 2. The van der Waals surface area contributed by atoms with Crippen LogP contribution in [0.3, 0.4) is 0 Å². The number of thioether (sulfide) groups is 1. The summed E-state index contributed by atoms with van der Waals surface area (Å²) >= 11 is 11.6. The Morgan fingerprint density at radius 1 is 1.48 bits per heavy atom. The van der Waals surface area contributed by atoms with E-state index in [2.05, 4.69) is 51.5 Å². The molecule has 3 nitrogen and oxygen atoms in total. The summed E-state index contributed by atoms with van der Waals surface area (Å²) in [7, 11) is 1.94. The molecule has 0 bridgehead atoms. The molecule has 1 aromatic carbocycles. The summed E-state index contributed by atoms with van der Waals surface area (Å²) in [6.45, 7) is 3.13. The maximum atomic E-state index is 6.29. The number of rotatable bonds is 7. The second kappa shape index (κ2) is 8.22. The summed E-state index contributed by atoms with van der Waals surface area (Å²) in [5, 5.41) is 8.53. The van der Waals surface area contributed by atoms with Crippen molar-refractivity contribution in [1.82, 2.24) is 15.1 Å². The molecule has 2 aromatic rings. The van der Waals surface area contributed by atoms with Crippen LogP contribution in [0, 0.1) is 0 Å². The van der Waals surface area contributed by atoms with Crippen molar-refractivity contribution in [2.45, 2.75) is 24.3 Å². The molecule has 0 fully saturated rings. The molecule has 114 valence electrons. The first-order valence-corrected chi connectivity index (χ1v) is 9.06. The van der Waals surface area contributed by atoms with E-state index < -0.39 is 0 Å². The normalized spacial score (nSPS) is 12.6. The smallest absolute Gasteiger partial charge is 0.0834 e. The van der Waals surface area contributed by atoms with E-state index in [1.807, 2.05) is 29.6 Å². The quantitative estimate of drug-likeness (QED) is 0.699. The molecule has 0 saturated carbocycles. The van der Waals surface area contributed by atoms with E-state index in [1.54, 1.807) is 6.20 Å². The maximum absolute atomic E-state index is 6.29. The minimum absolute atomic E-state index is 0.189. The van der Waals surface area contributed by atoms with Crippen molar-refractivity contribution in [3.8, 4) is 0 Å². The molecule has 0 radical (unpaired) electrons. The third-order valence-electron chi connectivity index (χ3n) is 3.12. The second-order valence-electron chi connectivity index (χ2n) is 4.78. The number of halogens is 2. The summed E-state index contributed by atoms with van der Waals surface area (Å²) < 4.78 is 2.96. The Balaban J connectivity index is 2.10. The summed E-state index contributed by atoms with van der Waals surface area (Å²) in [6, 6.07) is 8.53. The monoisotopic (exact) mass is 387 g/mol. The third kappa shape index (κ3) is 4.74. The Kier molecular flexibility index (Phi) is 6.61. The van der Waals surface area contributed by atoms with Crippen LogP contribution in [0.1, 0.15) is 25.1 Å². The zero-order valence-corrected chi connectivity index (χ0v) is 15.3. The van der Waals surface area contributed by atoms with Crippen LogP contribution in [0.5, 0.6) is 0 Å². The van der Waals surface area contributed by atoms with Gasteiger partial charge in [0.15, 0.2) is 0 Å². The van der Waals surface area contributed by atoms with E-state index in [9.17, 15) is 0 Å². The van der Waals surface area contributed by atoms with Gasteiger partial charge in [-0.25, -0.2) is 0 Å². The average Bonchev–Trinajstić information content (AvgIpc) is 2.79. The molecule has 1 unspecified atom stereocenters. The number of benzene rings is 1. The van der Waals surface area contributed by atoms with Crippen LogP contribution in [0.4, 0.5) is 0 Å². The van der Waals surface area contributed by atoms with Crippen molar-refractivity contribution in [3.63, 3.8) is 0 Å². The number of nitrogens with one attached hydrogen (secondary N) is 1. The standard InChI is InChI=1S/C15H19BrClN3S/c1-3-7-18-14(15-13(17)9-19-20(15)2)10-21-12-6-4-5-11(16)8-12/h4-6,8-9,14,18H,3,7,10H2,1-2H3. The average molecular weight is 389 g/mol. The van der Waals surface area contributed by atoms with Gasteiger partial charge in [-0.2, -0.15) is 5.10 Å². The van der Waals surface area contributed by atoms with Crippen molar-refractivity contribution < 1.29 is 0 Å². The molecule has 1 atom stereocenters. The van der Waals surface area contributed by atoms with Gasteiger partial charge < -0.3 is 5.32 Å². The van der Waals surface area contributed by atoms with E-state index in [0.29, 0.717) is 0 Å². The van der Waals surface area contributed by atoms with Crippen molar-refractivity contribution in [2.75, 3.05) is 12.3 Å². The molecule has 21 heavy (non-hydrogen) atoms. The van der Waals surface area contributed by atoms with E-state index in [1.165, 1.54) is 4.90 Å². The van der Waals surface area contributed by atoms with Crippen LogP contribution >= 0.6 is 39.3 Å². The summed E-state index contributed by atoms with van der Waals surface area (Å²) in [5.41, 5.74) is 1.05. The fraction of sp³-hybridized carbons (Fsp3) is 0.400. The predicted octanol–water partition coefficient (Wildman–Crippen LogP) is 4.67.